The number of rotatable bonds is 4. The normalized spacial score (nSPS) is 18.3. The quantitative estimate of drug-likeness (QED) is 0.682. The largest absolute Gasteiger partial charge is 0.487 e. The van der Waals surface area contributed by atoms with E-state index in [0.717, 1.165) is 37.2 Å². The van der Waals surface area contributed by atoms with E-state index >= 15 is 0 Å². The Balaban J connectivity index is 1.53. The van der Waals surface area contributed by atoms with Crippen molar-refractivity contribution in [1.82, 2.24) is 25.5 Å². The van der Waals surface area contributed by atoms with Crippen molar-refractivity contribution in [3.05, 3.63) is 33.4 Å². The van der Waals surface area contributed by atoms with Crippen molar-refractivity contribution in [2.45, 2.75) is 38.1 Å². The van der Waals surface area contributed by atoms with Crippen LogP contribution in [0, 0.1) is 0 Å². The highest BCUT2D eigenvalue weighted by molar-refractivity contribution is 6.37. The molecule has 0 bridgehead atoms. The van der Waals surface area contributed by atoms with Crippen molar-refractivity contribution in [3.8, 4) is 17.0 Å². The number of urea groups is 1. The number of carbonyl (C=O) groups excluding carboxylic acids is 1. The number of nitrogen functional groups attached to an aromatic ring is 1. The van der Waals surface area contributed by atoms with Gasteiger partial charge in [-0.15, -0.1) is 0 Å². The third kappa shape index (κ3) is 3.68. The number of anilines is 1. The van der Waals surface area contributed by atoms with Crippen LogP contribution in [0.5, 0.6) is 5.75 Å². The monoisotopic (exact) mass is 434 g/mol. The molecule has 1 aromatic carbocycles. The first-order valence-corrected chi connectivity index (χ1v) is 10.3. The van der Waals surface area contributed by atoms with Crippen molar-refractivity contribution in [2.24, 2.45) is 0 Å². The lowest BCUT2D eigenvalue weighted by molar-refractivity contribution is 0.143. The van der Waals surface area contributed by atoms with E-state index in [-0.39, 0.29) is 24.1 Å². The summed E-state index contributed by atoms with van der Waals surface area (Å²) < 4.78 is 6.11. The molecule has 2 amide bonds. The summed E-state index contributed by atoms with van der Waals surface area (Å²) in [6, 6.07) is 3.57. The summed E-state index contributed by atoms with van der Waals surface area (Å²) in [4.78, 5) is 23.1. The molecule has 2 aromatic rings. The van der Waals surface area contributed by atoms with Gasteiger partial charge in [0, 0.05) is 29.7 Å². The topological polar surface area (TPSA) is 105 Å². The molecule has 10 heteroatoms. The van der Waals surface area contributed by atoms with Gasteiger partial charge in [-0.25, -0.2) is 14.8 Å². The van der Waals surface area contributed by atoms with E-state index in [9.17, 15) is 4.79 Å². The number of hydrogen-bond donors (Lipinski definition) is 3. The lowest BCUT2D eigenvalue weighted by Crippen LogP contribution is -2.50. The molecule has 29 heavy (non-hydrogen) atoms. The van der Waals surface area contributed by atoms with Crippen LogP contribution in [0.1, 0.15) is 24.1 Å². The third-order valence-corrected chi connectivity index (χ3v) is 5.80. The van der Waals surface area contributed by atoms with Crippen LogP contribution in [-0.2, 0) is 13.1 Å². The first-order chi connectivity index (χ1) is 14.0. The maximum absolute atomic E-state index is 12.5. The number of halogens is 2. The van der Waals surface area contributed by atoms with Gasteiger partial charge in [0.15, 0.2) is 0 Å². The van der Waals surface area contributed by atoms with Crippen LogP contribution in [-0.4, -0.2) is 46.1 Å². The van der Waals surface area contributed by atoms with Gasteiger partial charge in [-0.05, 0) is 25.0 Å². The number of amides is 2. The number of nitrogens with two attached hydrogens (primary N) is 1. The Morgan fingerprint density at radius 3 is 2.72 bits per heavy atom. The first kappa shape index (κ1) is 18.7. The van der Waals surface area contributed by atoms with E-state index in [1.165, 1.54) is 0 Å². The Bertz CT molecular complexity index is 993. The van der Waals surface area contributed by atoms with Crippen molar-refractivity contribution < 1.29 is 9.53 Å². The zero-order valence-electron chi connectivity index (χ0n) is 15.5. The molecule has 0 atom stereocenters. The van der Waals surface area contributed by atoms with Gasteiger partial charge >= 0.3 is 6.03 Å². The van der Waals surface area contributed by atoms with Crippen LogP contribution in [0.15, 0.2) is 12.1 Å². The van der Waals surface area contributed by atoms with Crippen molar-refractivity contribution >= 4 is 35.2 Å². The second kappa shape index (κ2) is 7.19. The Labute approximate surface area is 177 Å². The first-order valence-electron chi connectivity index (χ1n) is 9.55. The van der Waals surface area contributed by atoms with Gasteiger partial charge in [0.25, 0.3) is 0 Å². The van der Waals surface area contributed by atoms with Gasteiger partial charge in [-0.1, -0.05) is 23.2 Å². The average Bonchev–Trinajstić information content (AvgIpc) is 3.32. The minimum atomic E-state index is -0.103. The molecule has 1 aromatic heterocycles. The Morgan fingerprint density at radius 1 is 1.24 bits per heavy atom. The van der Waals surface area contributed by atoms with Gasteiger partial charge in [-0.2, -0.15) is 0 Å². The van der Waals surface area contributed by atoms with Gasteiger partial charge in [-0.3, -0.25) is 0 Å². The standard InChI is InChI=1S/C19H20Cl2N6O2/c20-9-3-13(21)16(15(4-9)29-11-5-23-6-11)17-12-7-27(19(28)24-10-1-2-10)8-14(12)25-18(22)26-17/h3-4,10-11,23H,1-2,5-8H2,(H,24,28)(H2,22,25,26). The zero-order chi connectivity index (χ0) is 20.1. The molecular weight excluding hydrogens is 415 g/mol. The van der Waals surface area contributed by atoms with E-state index in [1.54, 1.807) is 17.0 Å². The summed E-state index contributed by atoms with van der Waals surface area (Å²) >= 11 is 12.8. The summed E-state index contributed by atoms with van der Waals surface area (Å²) in [5.41, 5.74) is 8.74. The lowest BCUT2D eigenvalue weighted by atomic mass is 10.0. The van der Waals surface area contributed by atoms with Crippen LogP contribution in [0.25, 0.3) is 11.3 Å². The Hall–Kier alpha value is -2.29. The molecule has 8 nitrogen and oxygen atoms in total. The number of fused-ring (bicyclic) bond motifs is 1. The average molecular weight is 435 g/mol. The Morgan fingerprint density at radius 2 is 2.03 bits per heavy atom. The fourth-order valence-electron chi connectivity index (χ4n) is 3.52. The number of benzene rings is 1. The Kier molecular flexibility index (Phi) is 4.64. The van der Waals surface area contributed by atoms with Gasteiger partial charge < -0.3 is 26.0 Å². The summed E-state index contributed by atoms with van der Waals surface area (Å²) in [6.07, 6.45) is 2.10. The minimum Gasteiger partial charge on any atom is -0.487 e. The summed E-state index contributed by atoms with van der Waals surface area (Å²) in [7, 11) is 0. The number of ether oxygens (including phenoxy) is 1. The predicted octanol–water partition coefficient (Wildman–Crippen LogP) is 2.57. The molecule has 2 aliphatic heterocycles. The van der Waals surface area contributed by atoms with E-state index in [1.807, 2.05) is 0 Å². The summed E-state index contributed by atoms with van der Waals surface area (Å²) in [5.74, 6) is 0.681. The van der Waals surface area contributed by atoms with Crippen LogP contribution in [0.3, 0.4) is 0 Å². The number of aromatic nitrogens is 2. The fourth-order valence-corrected chi connectivity index (χ4v) is 4.08. The van der Waals surface area contributed by atoms with Crippen LogP contribution >= 0.6 is 23.2 Å². The zero-order valence-corrected chi connectivity index (χ0v) is 17.1. The molecule has 5 rings (SSSR count). The highest BCUT2D eigenvalue weighted by Crippen LogP contribution is 2.42. The second-order valence-corrected chi connectivity index (χ2v) is 8.44. The SMILES string of the molecule is Nc1nc2c(c(-c3c(Cl)cc(Cl)cc3OC3CNC3)n1)CN(C(=O)NC1CC1)C2. The molecule has 3 aliphatic rings. The predicted molar refractivity (Wildman–Crippen MR) is 110 cm³/mol. The molecule has 3 heterocycles. The van der Waals surface area contributed by atoms with Crippen molar-refractivity contribution in [2.75, 3.05) is 18.8 Å². The molecule has 0 radical (unpaired) electrons. The molecule has 4 N–H and O–H groups in total. The van der Waals surface area contributed by atoms with E-state index < -0.39 is 0 Å². The number of hydrogen-bond acceptors (Lipinski definition) is 6. The molecule has 2 fully saturated rings. The third-order valence-electron chi connectivity index (χ3n) is 5.29. The van der Waals surface area contributed by atoms with Crippen molar-refractivity contribution in [1.29, 1.82) is 0 Å². The molecular formula is C19H20Cl2N6O2. The lowest BCUT2D eigenvalue weighted by Gasteiger charge is -2.29. The van der Waals surface area contributed by atoms with Crippen LogP contribution in [0.2, 0.25) is 10.0 Å². The molecule has 1 aliphatic carbocycles. The van der Waals surface area contributed by atoms with Crippen LogP contribution < -0.4 is 21.1 Å². The molecule has 0 unspecified atom stereocenters. The second-order valence-electron chi connectivity index (χ2n) is 7.59. The van der Waals surface area contributed by atoms with E-state index in [2.05, 4.69) is 20.6 Å². The number of nitrogens with one attached hydrogen (secondary N) is 2. The highest BCUT2D eigenvalue weighted by atomic mass is 35.5. The van der Waals surface area contributed by atoms with E-state index in [0.29, 0.717) is 40.1 Å². The maximum Gasteiger partial charge on any atom is 0.318 e. The summed E-state index contributed by atoms with van der Waals surface area (Å²) in [6.45, 7) is 2.26. The molecule has 1 saturated carbocycles. The van der Waals surface area contributed by atoms with Gasteiger partial charge in [0.1, 0.15) is 11.9 Å². The smallest absolute Gasteiger partial charge is 0.318 e. The minimum absolute atomic E-state index is 0.0383. The highest BCUT2D eigenvalue weighted by Gasteiger charge is 2.33. The summed E-state index contributed by atoms with van der Waals surface area (Å²) in [5, 5.41) is 7.07. The fraction of sp³-hybridized carbons (Fsp3) is 0.421. The van der Waals surface area contributed by atoms with Crippen molar-refractivity contribution in [3.63, 3.8) is 0 Å². The van der Waals surface area contributed by atoms with E-state index in [4.69, 9.17) is 33.7 Å². The molecule has 152 valence electrons. The van der Waals surface area contributed by atoms with Crippen LogP contribution in [0.4, 0.5) is 10.7 Å². The van der Waals surface area contributed by atoms with Gasteiger partial charge in [0.05, 0.1) is 35.1 Å². The number of carbonyl (C=O) groups is 1. The van der Waals surface area contributed by atoms with Gasteiger partial charge in [0.2, 0.25) is 5.95 Å². The maximum atomic E-state index is 12.5. The molecule has 0 spiro atoms. The number of nitrogens with zero attached hydrogens (tertiary/aromatic N) is 3. The molecule has 1 saturated heterocycles.